The normalized spacial score (nSPS) is 15.0. The largest absolute Gasteiger partial charge is 0.493 e. The predicted octanol–water partition coefficient (Wildman–Crippen LogP) is 3.56. The third-order valence-electron chi connectivity index (χ3n) is 5.31. The number of amides is 1. The van der Waals surface area contributed by atoms with E-state index in [1.54, 1.807) is 24.3 Å². The number of rotatable bonds is 9. The van der Waals surface area contributed by atoms with Crippen molar-refractivity contribution in [3.05, 3.63) is 59.2 Å². The average Bonchev–Trinajstić information content (AvgIpc) is 2.82. The molecule has 1 heterocycles. The predicted molar refractivity (Wildman–Crippen MR) is 128 cm³/mol. The average molecular weight is 448 g/mol. The lowest BCUT2D eigenvalue weighted by molar-refractivity contribution is -0.145. The van der Waals surface area contributed by atoms with E-state index in [1.807, 2.05) is 18.2 Å². The SMILES string of the molecule is C#CCN=C(N)c1ccc(C(=O)Nc2ccc3c(c2)OCC(CC(=O)OCCCC)C3)cc1. The van der Waals surface area contributed by atoms with Gasteiger partial charge >= 0.3 is 5.97 Å². The first kappa shape index (κ1) is 23.9. The van der Waals surface area contributed by atoms with Crippen LogP contribution in [0.5, 0.6) is 5.75 Å². The molecule has 0 aromatic heterocycles. The Morgan fingerprint density at radius 2 is 2.00 bits per heavy atom. The summed E-state index contributed by atoms with van der Waals surface area (Å²) < 4.78 is 11.1. The Bertz CT molecular complexity index is 1050. The number of carbonyl (C=O) groups is 2. The summed E-state index contributed by atoms with van der Waals surface area (Å²) in [7, 11) is 0. The highest BCUT2D eigenvalue weighted by atomic mass is 16.5. The number of esters is 1. The standard InChI is InChI=1S/C26H29N3O4/c1-3-5-13-32-24(30)15-18-14-21-10-11-22(16-23(21)33-17-18)29-26(31)20-8-6-19(7-9-20)25(27)28-12-4-2/h2,6-11,16,18H,3,5,12-15,17H2,1H3,(H2,27,28)(H,29,31). The summed E-state index contributed by atoms with van der Waals surface area (Å²) in [4.78, 5) is 28.6. The zero-order valence-electron chi connectivity index (χ0n) is 18.8. The lowest BCUT2D eigenvalue weighted by Crippen LogP contribution is -2.24. The molecule has 1 unspecified atom stereocenters. The van der Waals surface area contributed by atoms with Gasteiger partial charge < -0.3 is 20.5 Å². The number of nitrogens with zero attached hydrogens (tertiary/aromatic N) is 1. The molecule has 2 aromatic rings. The van der Waals surface area contributed by atoms with Crippen LogP contribution in [0.25, 0.3) is 0 Å². The quantitative estimate of drug-likeness (QED) is 0.201. The highest BCUT2D eigenvalue weighted by molar-refractivity contribution is 6.05. The van der Waals surface area contributed by atoms with Gasteiger partial charge in [-0.2, -0.15) is 0 Å². The molecule has 0 saturated carbocycles. The number of nitrogens with two attached hydrogens (primary N) is 1. The van der Waals surface area contributed by atoms with Crippen LogP contribution in [0.2, 0.25) is 0 Å². The number of ether oxygens (including phenoxy) is 2. The fourth-order valence-electron chi connectivity index (χ4n) is 3.49. The minimum Gasteiger partial charge on any atom is -0.493 e. The van der Waals surface area contributed by atoms with Gasteiger partial charge in [0.1, 0.15) is 18.1 Å². The lowest BCUT2D eigenvalue weighted by atomic mass is 9.94. The molecule has 0 radical (unpaired) electrons. The van der Waals surface area contributed by atoms with E-state index in [-0.39, 0.29) is 24.3 Å². The molecule has 0 spiro atoms. The number of aliphatic imine (C=N–C) groups is 1. The number of nitrogens with one attached hydrogen (secondary N) is 1. The monoisotopic (exact) mass is 447 g/mol. The summed E-state index contributed by atoms with van der Waals surface area (Å²) in [6.45, 7) is 3.18. The van der Waals surface area contributed by atoms with Crippen molar-refractivity contribution in [1.82, 2.24) is 0 Å². The van der Waals surface area contributed by atoms with Gasteiger partial charge in [0.25, 0.3) is 5.91 Å². The fraction of sp³-hybridized carbons (Fsp3) is 0.346. The molecule has 1 aliphatic rings. The van der Waals surface area contributed by atoms with Crippen LogP contribution in [0, 0.1) is 18.3 Å². The van der Waals surface area contributed by atoms with E-state index in [0.29, 0.717) is 42.3 Å². The van der Waals surface area contributed by atoms with Crippen molar-refractivity contribution in [2.45, 2.75) is 32.6 Å². The molecular formula is C26H29N3O4. The first-order valence-electron chi connectivity index (χ1n) is 11.1. The lowest BCUT2D eigenvalue weighted by Gasteiger charge is -2.25. The molecule has 0 saturated heterocycles. The second kappa shape index (κ2) is 11.7. The summed E-state index contributed by atoms with van der Waals surface area (Å²) >= 11 is 0. The highest BCUT2D eigenvalue weighted by Crippen LogP contribution is 2.31. The van der Waals surface area contributed by atoms with Crippen LogP contribution in [0.3, 0.4) is 0 Å². The maximum Gasteiger partial charge on any atom is 0.306 e. The van der Waals surface area contributed by atoms with Crippen molar-refractivity contribution in [3.63, 3.8) is 0 Å². The van der Waals surface area contributed by atoms with Crippen LogP contribution in [-0.2, 0) is 16.0 Å². The van der Waals surface area contributed by atoms with Crippen molar-refractivity contribution in [2.24, 2.45) is 16.6 Å². The first-order valence-corrected chi connectivity index (χ1v) is 11.1. The zero-order chi connectivity index (χ0) is 23.6. The molecule has 0 aliphatic carbocycles. The number of unbranched alkanes of at least 4 members (excludes halogenated alkanes) is 1. The third-order valence-corrected chi connectivity index (χ3v) is 5.31. The summed E-state index contributed by atoms with van der Waals surface area (Å²) in [5.41, 5.74) is 8.71. The van der Waals surface area contributed by atoms with E-state index < -0.39 is 0 Å². The van der Waals surface area contributed by atoms with E-state index in [4.69, 9.17) is 21.6 Å². The molecule has 172 valence electrons. The van der Waals surface area contributed by atoms with E-state index in [1.165, 1.54) is 0 Å². The second-order valence-electron chi connectivity index (χ2n) is 7.92. The van der Waals surface area contributed by atoms with Crippen molar-refractivity contribution < 1.29 is 19.1 Å². The van der Waals surface area contributed by atoms with E-state index in [9.17, 15) is 9.59 Å². The molecule has 1 amide bonds. The molecule has 1 aliphatic heterocycles. The van der Waals surface area contributed by atoms with Gasteiger partial charge in [0.15, 0.2) is 0 Å². The van der Waals surface area contributed by atoms with Crippen LogP contribution >= 0.6 is 0 Å². The van der Waals surface area contributed by atoms with Crippen LogP contribution < -0.4 is 15.8 Å². The summed E-state index contributed by atoms with van der Waals surface area (Å²) in [6.07, 6.45) is 8.14. The van der Waals surface area contributed by atoms with Gasteiger partial charge in [0, 0.05) is 28.8 Å². The number of anilines is 1. The number of hydrogen-bond donors (Lipinski definition) is 2. The summed E-state index contributed by atoms with van der Waals surface area (Å²) in [6, 6.07) is 12.4. The number of carbonyl (C=O) groups excluding carboxylic acids is 2. The zero-order valence-corrected chi connectivity index (χ0v) is 18.8. The van der Waals surface area contributed by atoms with Gasteiger partial charge in [-0.25, -0.2) is 0 Å². The molecule has 7 nitrogen and oxygen atoms in total. The summed E-state index contributed by atoms with van der Waals surface area (Å²) in [5, 5.41) is 2.88. The van der Waals surface area contributed by atoms with Gasteiger partial charge in [-0.3, -0.25) is 14.6 Å². The third kappa shape index (κ3) is 6.84. The Morgan fingerprint density at radius 1 is 1.24 bits per heavy atom. The smallest absolute Gasteiger partial charge is 0.306 e. The van der Waals surface area contributed by atoms with E-state index in [2.05, 4.69) is 23.2 Å². The highest BCUT2D eigenvalue weighted by Gasteiger charge is 2.23. The Morgan fingerprint density at radius 3 is 2.73 bits per heavy atom. The topological polar surface area (TPSA) is 103 Å². The van der Waals surface area contributed by atoms with Crippen LogP contribution in [0.15, 0.2) is 47.5 Å². The Balaban J connectivity index is 1.57. The van der Waals surface area contributed by atoms with Gasteiger partial charge in [0.05, 0.1) is 19.6 Å². The molecule has 0 bridgehead atoms. The number of hydrogen-bond acceptors (Lipinski definition) is 5. The number of amidine groups is 1. The molecule has 3 rings (SSSR count). The van der Waals surface area contributed by atoms with Gasteiger partial charge in [0.2, 0.25) is 0 Å². The Hall–Kier alpha value is -3.79. The number of terminal acetylenes is 1. The number of fused-ring (bicyclic) bond motifs is 1. The molecule has 2 aromatic carbocycles. The van der Waals surface area contributed by atoms with Crippen molar-refractivity contribution >= 4 is 23.4 Å². The molecular weight excluding hydrogens is 418 g/mol. The first-order chi connectivity index (χ1) is 16.0. The molecule has 0 fully saturated rings. The summed E-state index contributed by atoms with van der Waals surface area (Å²) in [5.74, 6) is 3.11. The van der Waals surface area contributed by atoms with Crippen LogP contribution in [0.1, 0.15) is 47.7 Å². The van der Waals surface area contributed by atoms with Gasteiger partial charge in [-0.1, -0.05) is 37.5 Å². The molecule has 7 heteroatoms. The fourth-order valence-corrected chi connectivity index (χ4v) is 3.49. The van der Waals surface area contributed by atoms with Gasteiger partial charge in [-0.15, -0.1) is 6.42 Å². The van der Waals surface area contributed by atoms with Crippen LogP contribution in [0.4, 0.5) is 5.69 Å². The van der Waals surface area contributed by atoms with Crippen molar-refractivity contribution in [3.8, 4) is 18.1 Å². The minimum absolute atomic E-state index is 0.0854. The van der Waals surface area contributed by atoms with E-state index in [0.717, 1.165) is 30.6 Å². The van der Waals surface area contributed by atoms with E-state index >= 15 is 0 Å². The number of benzene rings is 2. The molecule has 33 heavy (non-hydrogen) atoms. The second-order valence-corrected chi connectivity index (χ2v) is 7.92. The van der Waals surface area contributed by atoms with Crippen molar-refractivity contribution in [2.75, 3.05) is 25.1 Å². The minimum atomic E-state index is -0.246. The Kier molecular flexibility index (Phi) is 8.48. The Labute approximate surface area is 194 Å². The maximum atomic E-state index is 12.6. The molecule has 1 atom stereocenters. The van der Waals surface area contributed by atoms with Crippen molar-refractivity contribution in [1.29, 1.82) is 0 Å². The van der Waals surface area contributed by atoms with Crippen LogP contribution in [-0.4, -0.2) is 37.5 Å². The maximum absolute atomic E-state index is 12.6. The van der Waals surface area contributed by atoms with Gasteiger partial charge in [-0.05, 0) is 36.6 Å². The molecule has 3 N–H and O–H groups in total.